The molecule has 25 heavy (non-hydrogen) atoms. The van der Waals surface area contributed by atoms with E-state index in [-0.39, 0.29) is 5.91 Å². The summed E-state index contributed by atoms with van der Waals surface area (Å²) in [5, 5.41) is 3.46. The van der Waals surface area contributed by atoms with E-state index in [1.807, 2.05) is 11.0 Å². The second-order valence-corrected chi connectivity index (χ2v) is 6.32. The molecule has 6 heteroatoms. The topological polar surface area (TPSA) is 61.4 Å². The number of carbonyl (C=O) groups excluding carboxylic acids is 1. The highest BCUT2D eigenvalue weighted by molar-refractivity contribution is 5.73. The summed E-state index contributed by atoms with van der Waals surface area (Å²) in [4.78, 5) is 24.5. The summed E-state index contributed by atoms with van der Waals surface area (Å²) < 4.78 is 0. The predicted octanol–water partition coefficient (Wildman–Crippen LogP) is 2.76. The SMILES string of the molecule is CCc1cccc(C)c1Nc1ccnc(N2CCN(C(C)=O)CC2)n1. The number of piperazine rings is 1. The van der Waals surface area contributed by atoms with Gasteiger partial charge in [-0.25, -0.2) is 4.98 Å². The van der Waals surface area contributed by atoms with Gasteiger partial charge in [-0.05, 0) is 30.5 Å². The molecule has 0 aliphatic carbocycles. The minimum absolute atomic E-state index is 0.127. The summed E-state index contributed by atoms with van der Waals surface area (Å²) >= 11 is 0. The standard InChI is InChI=1S/C19H25N5O/c1-4-16-7-5-6-14(2)18(16)21-17-8-9-20-19(22-17)24-12-10-23(11-13-24)15(3)25/h5-9H,4,10-13H2,1-3H3,(H,20,21,22). The highest BCUT2D eigenvalue weighted by atomic mass is 16.2. The number of anilines is 3. The highest BCUT2D eigenvalue weighted by Gasteiger charge is 2.20. The zero-order valence-corrected chi connectivity index (χ0v) is 15.1. The number of nitrogens with one attached hydrogen (secondary N) is 1. The number of carbonyl (C=O) groups is 1. The van der Waals surface area contributed by atoms with Crippen LogP contribution in [0.2, 0.25) is 0 Å². The van der Waals surface area contributed by atoms with Crippen LogP contribution >= 0.6 is 0 Å². The van der Waals surface area contributed by atoms with Crippen LogP contribution in [0.1, 0.15) is 25.0 Å². The number of hydrogen-bond acceptors (Lipinski definition) is 5. The Balaban J connectivity index is 1.76. The molecule has 1 aliphatic rings. The lowest BCUT2D eigenvalue weighted by molar-refractivity contribution is -0.129. The lowest BCUT2D eigenvalue weighted by Crippen LogP contribution is -2.48. The Labute approximate surface area is 148 Å². The summed E-state index contributed by atoms with van der Waals surface area (Å²) in [6.45, 7) is 8.82. The number of benzene rings is 1. The third kappa shape index (κ3) is 3.90. The fourth-order valence-corrected chi connectivity index (χ4v) is 3.12. The van der Waals surface area contributed by atoms with Crippen molar-refractivity contribution in [1.82, 2.24) is 14.9 Å². The van der Waals surface area contributed by atoms with E-state index in [4.69, 9.17) is 0 Å². The van der Waals surface area contributed by atoms with E-state index in [0.29, 0.717) is 19.0 Å². The highest BCUT2D eigenvalue weighted by Crippen LogP contribution is 2.25. The maximum atomic E-state index is 11.5. The zero-order chi connectivity index (χ0) is 17.8. The summed E-state index contributed by atoms with van der Waals surface area (Å²) in [7, 11) is 0. The predicted molar refractivity (Wildman–Crippen MR) is 100 cm³/mol. The van der Waals surface area contributed by atoms with Gasteiger partial charge in [0.2, 0.25) is 11.9 Å². The lowest BCUT2D eigenvalue weighted by atomic mass is 10.1. The van der Waals surface area contributed by atoms with Crippen molar-refractivity contribution in [3.05, 3.63) is 41.6 Å². The van der Waals surface area contributed by atoms with Gasteiger partial charge in [0.25, 0.3) is 0 Å². The average Bonchev–Trinajstić information content (AvgIpc) is 2.63. The first-order chi connectivity index (χ1) is 12.1. The molecule has 1 aromatic carbocycles. The van der Waals surface area contributed by atoms with Crippen molar-refractivity contribution >= 4 is 23.4 Å². The molecule has 0 unspecified atom stereocenters. The molecule has 0 spiro atoms. The van der Waals surface area contributed by atoms with Crippen LogP contribution in [0.4, 0.5) is 17.5 Å². The Kier molecular flexibility index (Phi) is 5.16. The molecule has 6 nitrogen and oxygen atoms in total. The third-order valence-corrected chi connectivity index (χ3v) is 4.64. The second kappa shape index (κ2) is 7.51. The third-order valence-electron chi connectivity index (χ3n) is 4.64. The van der Waals surface area contributed by atoms with Crippen molar-refractivity contribution in [1.29, 1.82) is 0 Å². The van der Waals surface area contributed by atoms with Gasteiger partial charge in [-0.1, -0.05) is 25.1 Å². The monoisotopic (exact) mass is 339 g/mol. The molecule has 0 saturated carbocycles. The zero-order valence-electron chi connectivity index (χ0n) is 15.1. The molecule has 2 heterocycles. The molecule has 1 N–H and O–H groups in total. The number of amides is 1. The molecule has 3 rings (SSSR count). The van der Waals surface area contributed by atoms with E-state index in [1.54, 1.807) is 13.1 Å². The van der Waals surface area contributed by atoms with E-state index in [0.717, 1.165) is 31.0 Å². The maximum absolute atomic E-state index is 11.5. The van der Waals surface area contributed by atoms with Crippen LogP contribution in [0.15, 0.2) is 30.5 Å². The van der Waals surface area contributed by atoms with Gasteiger partial charge >= 0.3 is 0 Å². The lowest BCUT2D eigenvalue weighted by Gasteiger charge is -2.34. The van der Waals surface area contributed by atoms with Crippen molar-refractivity contribution in [2.45, 2.75) is 27.2 Å². The molecular weight excluding hydrogens is 314 g/mol. The van der Waals surface area contributed by atoms with Crippen LogP contribution < -0.4 is 10.2 Å². The van der Waals surface area contributed by atoms with Crippen molar-refractivity contribution < 1.29 is 4.79 Å². The van der Waals surface area contributed by atoms with Crippen LogP contribution in [-0.2, 0) is 11.2 Å². The maximum Gasteiger partial charge on any atom is 0.227 e. The van der Waals surface area contributed by atoms with Crippen molar-refractivity contribution in [2.75, 3.05) is 36.4 Å². The van der Waals surface area contributed by atoms with Gasteiger partial charge in [-0.3, -0.25) is 4.79 Å². The van der Waals surface area contributed by atoms with E-state index in [2.05, 4.69) is 52.2 Å². The largest absolute Gasteiger partial charge is 0.340 e. The molecule has 0 bridgehead atoms. The van der Waals surface area contributed by atoms with Gasteiger partial charge in [0.15, 0.2) is 0 Å². The van der Waals surface area contributed by atoms with E-state index >= 15 is 0 Å². The number of aryl methyl sites for hydroxylation is 2. The molecule has 1 saturated heterocycles. The molecule has 132 valence electrons. The first kappa shape index (κ1) is 17.2. The quantitative estimate of drug-likeness (QED) is 0.928. The van der Waals surface area contributed by atoms with Gasteiger partial charge < -0.3 is 15.1 Å². The molecule has 2 aromatic rings. The molecule has 0 atom stereocenters. The Bertz CT molecular complexity index is 753. The van der Waals surface area contributed by atoms with E-state index < -0.39 is 0 Å². The summed E-state index contributed by atoms with van der Waals surface area (Å²) in [5.41, 5.74) is 3.60. The van der Waals surface area contributed by atoms with Crippen LogP contribution in [0, 0.1) is 6.92 Å². The summed E-state index contributed by atoms with van der Waals surface area (Å²) in [6, 6.07) is 8.21. The van der Waals surface area contributed by atoms with Gasteiger partial charge in [0.1, 0.15) is 5.82 Å². The fourth-order valence-electron chi connectivity index (χ4n) is 3.12. The molecule has 1 aliphatic heterocycles. The van der Waals surface area contributed by atoms with Gasteiger partial charge in [-0.2, -0.15) is 4.98 Å². The van der Waals surface area contributed by atoms with Crippen LogP contribution in [0.5, 0.6) is 0 Å². The van der Waals surface area contributed by atoms with Gasteiger partial charge in [0.05, 0.1) is 0 Å². The minimum atomic E-state index is 0.127. The normalized spacial score (nSPS) is 14.5. The first-order valence-corrected chi connectivity index (χ1v) is 8.77. The average molecular weight is 339 g/mol. The van der Waals surface area contributed by atoms with Crippen LogP contribution in [0.3, 0.4) is 0 Å². The van der Waals surface area contributed by atoms with Crippen molar-refractivity contribution in [3.63, 3.8) is 0 Å². The molecule has 1 amide bonds. The first-order valence-electron chi connectivity index (χ1n) is 8.77. The smallest absolute Gasteiger partial charge is 0.227 e. The van der Waals surface area contributed by atoms with E-state index in [1.165, 1.54) is 11.1 Å². The van der Waals surface area contributed by atoms with Crippen molar-refractivity contribution in [3.8, 4) is 0 Å². The number of hydrogen-bond donors (Lipinski definition) is 1. The van der Waals surface area contributed by atoms with Gasteiger partial charge in [0, 0.05) is 45.0 Å². The Morgan fingerprint density at radius 1 is 1.20 bits per heavy atom. The summed E-state index contributed by atoms with van der Waals surface area (Å²) in [6.07, 6.45) is 2.75. The number of rotatable bonds is 4. The number of para-hydroxylation sites is 1. The van der Waals surface area contributed by atoms with Gasteiger partial charge in [-0.15, -0.1) is 0 Å². The number of nitrogens with zero attached hydrogens (tertiary/aromatic N) is 4. The minimum Gasteiger partial charge on any atom is -0.340 e. The van der Waals surface area contributed by atoms with Crippen LogP contribution in [-0.4, -0.2) is 47.0 Å². The van der Waals surface area contributed by atoms with Crippen LogP contribution in [0.25, 0.3) is 0 Å². The Hall–Kier alpha value is -2.63. The molecule has 1 fully saturated rings. The fraction of sp³-hybridized carbons (Fsp3) is 0.421. The summed E-state index contributed by atoms with van der Waals surface area (Å²) in [5.74, 6) is 1.63. The molecule has 0 radical (unpaired) electrons. The number of aromatic nitrogens is 2. The molecular formula is C19H25N5O. The molecule has 1 aromatic heterocycles. The Morgan fingerprint density at radius 3 is 2.64 bits per heavy atom. The van der Waals surface area contributed by atoms with Crippen molar-refractivity contribution in [2.24, 2.45) is 0 Å². The second-order valence-electron chi connectivity index (χ2n) is 6.32. The van der Waals surface area contributed by atoms with E-state index in [9.17, 15) is 4.79 Å². The Morgan fingerprint density at radius 2 is 1.96 bits per heavy atom.